The number of nitrogens with zero attached hydrogens (tertiary/aromatic N) is 2. The van der Waals surface area contributed by atoms with E-state index in [1.165, 1.54) is 18.6 Å². The molecule has 1 unspecified atom stereocenters. The van der Waals surface area contributed by atoms with Crippen LogP contribution in [0.1, 0.15) is 12.8 Å². The number of likely N-dealkylation sites (N-methyl/N-ethyl adjacent to an activating group) is 1. The minimum absolute atomic E-state index is 0.0242. The summed E-state index contributed by atoms with van der Waals surface area (Å²) in [5.41, 5.74) is 0.854. The number of anilines is 1. The molecule has 1 aromatic carbocycles. The van der Waals surface area contributed by atoms with Crippen LogP contribution in [-0.2, 0) is 0 Å². The molecule has 2 rings (SSSR count). The van der Waals surface area contributed by atoms with E-state index in [2.05, 4.69) is 5.32 Å². The van der Waals surface area contributed by atoms with Gasteiger partial charge in [-0.25, -0.2) is 0 Å². The van der Waals surface area contributed by atoms with Crippen molar-refractivity contribution in [3.05, 3.63) is 33.3 Å². The van der Waals surface area contributed by atoms with Crippen molar-refractivity contribution in [2.24, 2.45) is 0 Å². The Morgan fingerprint density at radius 3 is 2.94 bits per heavy atom. The third-order valence-corrected chi connectivity index (χ3v) is 3.51. The van der Waals surface area contributed by atoms with Crippen molar-refractivity contribution in [1.82, 2.24) is 5.32 Å². The van der Waals surface area contributed by atoms with E-state index in [1.54, 1.807) is 6.07 Å². The zero-order chi connectivity index (χ0) is 13.1. The lowest BCUT2D eigenvalue weighted by molar-refractivity contribution is -0.384. The summed E-state index contributed by atoms with van der Waals surface area (Å²) in [6, 6.07) is 5.06. The van der Waals surface area contributed by atoms with Crippen LogP contribution < -0.4 is 10.2 Å². The summed E-state index contributed by atoms with van der Waals surface area (Å²) >= 11 is 6.09. The lowest BCUT2D eigenvalue weighted by atomic mass is 10.2. The summed E-state index contributed by atoms with van der Waals surface area (Å²) in [7, 11) is 1.95. The number of nitrogens with one attached hydrogen (secondary N) is 1. The number of rotatable bonds is 4. The first-order chi connectivity index (χ1) is 8.58. The van der Waals surface area contributed by atoms with Gasteiger partial charge in [0.05, 0.1) is 15.6 Å². The highest BCUT2D eigenvalue weighted by atomic mass is 35.5. The largest absolute Gasteiger partial charge is 0.372 e. The van der Waals surface area contributed by atoms with Crippen molar-refractivity contribution < 1.29 is 4.92 Å². The van der Waals surface area contributed by atoms with Crippen molar-refractivity contribution in [2.45, 2.75) is 18.9 Å². The van der Waals surface area contributed by atoms with Crippen molar-refractivity contribution in [3.63, 3.8) is 0 Å². The van der Waals surface area contributed by atoms with Gasteiger partial charge in [0.15, 0.2) is 0 Å². The molecule has 0 spiro atoms. The number of halogens is 1. The van der Waals surface area contributed by atoms with E-state index in [-0.39, 0.29) is 5.69 Å². The van der Waals surface area contributed by atoms with Crippen molar-refractivity contribution >= 4 is 23.0 Å². The van der Waals surface area contributed by atoms with E-state index in [0.717, 1.165) is 25.2 Å². The van der Waals surface area contributed by atoms with Gasteiger partial charge in [0.2, 0.25) is 0 Å². The zero-order valence-corrected chi connectivity index (χ0v) is 11.0. The maximum absolute atomic E-state index is 10.6. The lowest BCUT2D eigenvalue weighted by Gasteiger charge is -2.24. The first-order valence-corrected chi connectivity index (χ1v) is 6.34. The molecule has 1 aliphatic heterocycles. The fourth-order valence-corrected chi connectivity index (χ4v) is 2.58. The molecule has 1 atom stereocenters. The second-order valence-corrected chi connectivity index (χ2v) is 4.97. The molecular formula is C12H16ClN3O2. The number of benzene rings is 1. The molecule has 1 N–H and O–H groups in total. The molecule has 5 nitrogen and oxygen atoms in total. The number of non-ortho nitro benzene ring substituents is 1. The van der Waals surface area contributed by atoms with Crippen LogP contribution in [0, 0.1) is 10.1 Å². The van der Waals surface area contributed by atoms with Crippen molar-refractivity contribution in [1.29, 1.82) is 0 Å². The molecule has 18 heavy (non-hydrogen) atoms. The Kier molecular flexibility index (Phi) is 4.04. The topological polar surface area (TPSA) is 58.4 Å². The Balaban J connectivity index is 2.09. The molecule has 1 saturated heterocycles. The first kappa shape index (κ1) is 13.1. The van der Waals surface area contributed by atoms with Crippen LogP contribution in [0.15, 0.2) is 18.2 Å². The Labute approximate surface area is 111 Å². The molecule has 98 valence electrons. The van der Waals surface area contributed by atoms with E-state index < -0.39 is 4.92 Å². The van der Waals surface area contributed by atoms with Gasteiger partial charge in [0.25, 0.3) is 5.69 Å². The molecule has 0 saturated carbocycles. The summed E-state index contributed by atoms with van der Waals surface area (Å²) < 4.78 is 0. The molecular weight excluding hydrogens is 254 g/mol. The van der Waals surface area contributed by atoms with Gasteiger partial charge in [-0.3, -0.25) is 10.1 Å². The SMILES string of the molecule is CN(CC1CCCN1)c1ccc([N+](=O)[O-])cc1Cl. The van der Waals surface area contributed by atoms with Crippen LogP contribution in [0.25, 0.3) is 0 Å². The summed E-state index contributed by atoms with van der Waals surface area (Å²) in [4.78, 5) is 12.2. The highest BCUT2D eigenvalue weighted by Gasteiger charge is 2.18. The van der Waals surface area contributed by atoms with Crippen LogP contribution in [-0.4, -0.2) is 31.1 Å². The second-order valence-electron chi connectivity index (χ2n) is 4.57. The number of hydrogen-bond acceptors (Lipinski definition) is 4. The van der Waals surface area contributed by atoms with Crippen molar-refractivity contribution in [2.75, 3.05) is 25.0 Å². The highest BCUT2D eigenvalue weighted by Crippen LogP contribution is 2.29. The predicted molar refractivity (Wildman–Crippen MR) is 72.4 cm³/mol. The average Bonchev–Trinajstić information content (AvgIpc) is 2.81. The average molecular weight is 270 g/mol. The number of nitro groups is 1. The van der Waals surface area contributed by atoms with Crippen LogP contribution >= 0.6 is 11.6 Å². The summed E-state index contributed by atoms with van der Waals surface area (Å²) in [5, 5.41) is 14.5. The number of hydrogen-bond donors (Lipinski definition) is 1. The second kappa shape index (κ2) is 5.54. The van der Waals surface area contributed by atoms with Gasteiger partial charge in [0.1, 0.15) is 0 Å². The smallest absolute Gasteiger partial charge is 0.271 e. The molecule has 0 amide bonds. The quantitative estimate of drug-likeness (QED) is 0.674. The van der Waals surface area contributed by atoms with Gasteiger partial charge in [0, 0.05) is 31.8 Å². The number of nitro benzene ring substituents is 1. The van der Waals surface area contributed by atoms with Crippen LogP contribution in [0.5, 0.6) is 0 Å². The Morgan fingerprint density at radius 1 is 1.61 bits per heavy atom. The summed E-state index contributed by atoms with van der Waals surface area (Å²) in [6.07, 6.45) is 2.36. The van der Waals surface area contributed by atoms with Crippen molar-refractivity contribution in [3.8, 4) is 0 Å². The van der Waals surface area contributed by atoms with E-state index in [0.29, 0.717) is 11.1 Å². The molecule has 1 aliphatic rings. The lowest BCUT2D eigenvalue weighted by Crippen LogP contribution is -2.35. The van der Waals surface area contributed by atoms with E-state index >= 15 is 0 Å². The van der Waals surface area contributed by atoms with Gasteiger partial charge in [-0.2, -0.15) is 0 Å². The van der Waals surface area contributed by atoms with Gasteiger partial charge >= 0.3 is 0 Å². The fourth-order valence-electron chi connectivity index (χ4n) is 2.26. The van der Waals surface area contributed by atoms with Gasteiger partial charge in [-0.1, -0.05) is 11.6 Å². The Hall–Kier alpha value is -1.33. The molecule has 0 aliphatic carbocycles. The van der Waals surface area contributed by atoms with E-state index in [4.69, 9.17) is 11.6 Å². The molecule has 0 aromatic heterocycles. The molecule has 0 bridgehead atoms. The molecule has 6 heteroatoms. The van der Waals surface area contributed by atoms with Gasteiger partial charge in [-0.15, -0.1) is 0 Å². The fraction of sp³-hybridized carbons (Fsp3) is 0.500. The van der Waals surface area contributed by atoms with E-state index in [1.807, 2.05) is 11.9 Å². The summed E-state index contributed by atoms with van der Waals surface area (Å²) in [5.74, 6) is 0. The minimum atomic E-state index is -0.436. The maximum Gasteiger partial charge on any atom is 0.271 e. The standard InChI is InChI=1S/C12H16ClN3O2/c1-15(8-9-3-2-6-14-9)12-5-4-10(16(17)18)7-11(12)13/h4-5,7,9,14H,2-3,6,8H2,1H3. The van der Waals surface area contributed by atoms with Crippen LogP contribution in [0.3, 0.4) is 0 Å². The molecule has 1 aromatic rings. The van der Waals surface area contributed by atoms with E-state index in [9.17, 15) is 10.1 Å². The molecule has 1 heterocycles. The minimum Gasteiger partial charge on any atom is -0.372 e. The zero-order valence-electron chi connectivity index (χ0n) is 10.2. The normalized spacial score (nSPS) is 18.9. The maximum atomic E-state index is 10.6. The third-order valence-electron chi connectivity index (χ3n) is 3.21. The predicted octanol–water partition coefficient (Wildman–Crippen LogP) is 2.44. The Morgan fingerprint density at radius 2 is 2.39 bits per heavy atom. The summed E-state index contributed by atoms with van der Waals surface area (Å²) in [6.45, 7) is 1.92. The first-order valence-electron chi connectivity index (χ1n) is 5.96. The third kappa shape index (κ3) is 2.91. The van der Waals surface area contributed by atoms with Crippen LogP contribution in [0.2, 0.25) is 5.02 Å². The molecule has 1 fully saturated rings. The highest BCUT2D eigenvalue weighted by molar-refractivity contribution is 6.33. The Bertz CT molecular complexity index is 447. The molecule has 0 radical (unpaired) electrons. The van der Waals surface area contributed by atoms with Crippen LogP contribution in [0.4, 0.5) is 11.4 Å². The van der Waals surface area contributed by atoms with Gasteiger partial charge < -0.3 is 10.2 Å². The van der Waals surface area contributed by atoms with Gasteiger partial charge in [-0.05, 0) is 25.5 Å². The monoisotopic (exact) mass is 269 g/mol.